The molecule has 0 saturated carbocycles. The van der Waals surface area contributed by atoms with Crippen molar-refractivity contribution >= 4 is 23.0 Å². The lowest BCUT2D eigenvalue weighted by Crippen LogP contribution is -2.41. The van der Waals surface area contributed by atoms with Gasteiger partial charge in [0.2, 0.25) is 0 Å². The van der Waals surface area contributed by atoms with Crippen LogP contribution in [0.5, 0.6) is 5.75 Å². The number of benzene rings is 2. The number of imidazole rings is 1. The predicted molar refractivity (Wildman–Crippen MR) is 105 cm³/mol. The van der Waals surface area contributed by atoms with E-state index in [0.717, 1.165) is 53.1 Å². The number of H-pyrrole nitrogens is 1. The number of aromatic nitrogens is 2. The van der Waals surface area contributed by atoms with Gasteiger partial charge in [0.1, 0.15) is 18.2 Å². The van der Waals surface area contributed by atoms with Crippen molar-refractivity contribution in [3.8, 4) is 5.75 Å². The normalized spacial score (nSPS) is 19.3. The lowest BCUT2D eigenvalue weighted by atomic mass is 9.96. The Labute approximate surface area is 157 Å². The second-order valence-corrected chi connectivity index (χ2v) is 7.23. The summed E-state index contributed by atoms with van der Waals surface area (Å²) in [6.07, 6.45) is 3.99. The van der Waals surface area contributed by atoms with Crippen LogP contribution in [0.15, 0.2) is 54.1 Å². The molecule has 136 valence electrons. The van der Waals surface area contributed by atoms with E-state index >= 15 is 0 Å². The topological polar surface area (TPSA) is 58.2 Å². The first-order valence-electron chi connectivity index (χ1n) is 9.44. The van der Waals surface area contributed by atoms with Crippen LogP contribution in [0.3, 0.4) is 0 Å². The van der Waals surface area contributed by atoms with E-state index < -0.39 is 0 Å². The number of fused-ring (bicyclic) bond motifs is 2. The van der Waals surface area contributed by atoms with Crippen LogP contribution in [0.4, 0.5) is 0 Å². The summed E-state index contributed by atoms with van der Waals surface area (Å²) in [5.41, 5.74) is 3.73. The van der Waals surface area contributed by atoms with Crippen molar-refractivity contribution in [3.63, 3.8) is 0 Å². The van der Waals surface area contributed by atoms with E-state index in [1.807, 2.05) is 59.5 Å². The molecule has 1 amide bonds. The lowest BCUT2D eigenvalue weighted by Gasteiger charge is -2.33. The second kappa shape index (κ2) is 6.58. The lowest BCUT2D eigenvalue weighted by molar-refractivity contribution is -0.128. The van der Waals surface area contributed by atoms with E-state index in [1.165, 1.54) is 0 Å². The minimum atomic E-state index is 0.0744. The maximum absolute atomic E-state index is 13.1. The predicted octanol–water partition coefficient (Wildman–Crippen LogP) is 3.74. The minimum Gasteiger partial charge on any atom is -0.488 e. The maximum atomic E-state index is 13.1. The molecule has 1 fully saturated rings. The average molecular weight is 359 g/mol. The Bertz CT molecular complexity index is 1000. The summed E-state index contributed by atoms with van der Waals surface area (Å²) in [7, 11) is 0. The molecule has 1 N–H and O–H groups in total. The van der Waals surface area contributed by atoms with Crippen molar-refractivity contribution in [3.05, 3.63) is 65.5 Å². The van der Waals surface area contributed by atoms with Gasteiger partial charge in [0.25, 0.3) is 5.91 Å². The number of likely N-dealkylation sites (tertiary alicyclic amines) is 1. The Morgan fingerprint density at radius 2 is 2.00 bits per heavy atom. The van der Waals surface area contributed by atoms with Crippen LogP contribution in [0.1, 0.15) is 30.1 Å². The highest BCUT2D eigenvalue weighted by Gasteiger charge is 2.29. The van der Waals surface area contributed by atoms with Gasteiger partial charge in [-0.3, -0.25) is 4.79 Å². The maximum Gasteiger partial charge on any atom is 0.253 e. The fourth-order valence-corrected chi connectivity index (χ4v) is 3.99. The Morgan fingerprint density at radius 1 is 1.15 bits per heavy atom. The number of para-hydroxylation sites is 3. The number of rotatable bonds is 2. The number of carbonyl (C=O) groups is 1. The highest BCUT2D eigenvalue weighted by atomic mass is 16.5. The summed E-state index contributed by atoms with van der Waals surface area (Å²) >= 11 is 0. The van der Waals surface area contributed by atoms with E-state index in [1.54, 1.807) is 0 Å². The molecule has 1 aromatic heterocycles. The van der Waals surface area contributed by atoms with E-state index in [-0.39, 0.29) is 11.8 Å². The van der Waals surface area contributed by atoms with Crippen molar-refractivity contribution < 1.29 is 9.53 Å². The quantitative estimate of drug-likeness (QED) is 0.758. The number of ether oxygens (including phenoxy) is 1. The number of amides is 1. The Balaban J connectivity index is 1.36. The summed E-state index contributed by atoms with van der Waals surface area (Å²) in [4.78, 5) is 23.2. The van der Waals surface area contributed by atoms with Crippen LogP contribution in [0.2, 0.25) is 0 Å². The molecule has 5 rings (SSSR count). The Morgan fingerprint density at radius 3 is 2.93 bits per heavy atom. The fraction of sp³-hybridized carbons (Fsp3) is 0.273. The molecule has 0 aliphatic carbocycles. The standard InChI is InChI=1S/C22H21N3O2/c26-22(17-12-15-6-1-4-10-20(15)27-14-17)25-11-5-7-16(13-25)21-23-18-8-2-3-9-19(18)24-21/h1-4,6,8-10,12,16H,5,7,11,13-14H2,(H,23,24)/t16-/m1/s1. The molecule has 27 heavy (non-hydrogen) atoms. The van der Waals surface area contributed by atoms with Gasteiger partial charge in [-0.1, -0.05) is 30.3 Å². The molecule has 3 aromatic rings. The van der Waals surface area contributed by atoms with Gasteiger partial charge in [-0.15, -0.1) is 0 Å². The van der Waals surface area contributed by atoms with Gasteiger partial charge in [0.15, 0.2) is 0 Å². The van der Waals surface area contributed by atoms with Crippen molar-refractivity contribution in [2.45, 2.75) is 18.8 Å². The van der Waals surface area contributed by atoms with Gasteiger partial charge in [-0.2, -0.15) is 0 Å². The zero-order valence-electron chi connectivity index (χ0n) is 15.0. The first kappa shape index (κ1) is 16.1. The molecule has 2 aliphatic heterocycles. The number of nitrogens with zero attached hydrogens (tertiary/aromatic N) is 2. The van der Waals surface area contributed by atoms with Gasteiger partial charge in [-0.05, 0) is 37.1 Å². The first-order chi connectivity index (χ1) is 13.3. The average Bonchev–Trinajstić information content (AvgIpc) is 3.17. The third-order valence-electron chi connectivity index (χ3n) is 5.41. The van der Waals surface area contributed by atoms with E-state index in [0.29, 0.717) is 13.2 Å². The smallest absolute Gasteiger partial charge is 0.253 e. The summed E-state index contributed by atoms with van der Waals surface area (Å²) in [5, 5.41) is 0. The second-order valence-electron chi connectivity index (χ2n) is 7.23. The third kappa shape index (κ3) is 2.99. The summed E-state index contributed by atoms with van der Waals surface area (Å²) in [6, 6.07) is 15.9. The van der Waals surface area contributed by atoms with Crippen molar-refractivity contribution in [1.29, 1.82) is 0 Å². The van der Waals surface area contributed by atoms with E-state index in [9.17, 15) is 4.79 Å². The van der Waals surface area contributed by atoms with Crippen LogP contribution in [-0.4, -0.2) is 40.5 Å². The molecule has 0 bridgehead atoms. The molecular formula is C22H21N3O2. The molecule has 1 atom stereocenters. The fourth-order valence-electron chi connectivity index (χ4n) is 3.99. The first-order valence-corrected chi connectivity index (χ1v) is 9.44. The summed E-state index contributed by atoms with van der Waals surface area (Å²) < 4.78 is 5.77. The SMILES string of the molecule is O=C(C1=Cc2ccccc2OC1)N1CCC[C@@H](c2nc3ccccc3[nH]2)C1. The molecular weight excluding hydrogens is 338 g/mol. The molecule has 1 saturated heterocycles. The highest BCUT2D eigenvalue weighted by Crippen LogP contribution is 2.30. The molecule has 5 heteroatoms. The van der Waals surface area contributed by atoms with E-state index in [4.69, 9.17) is 9.72 Å². The number of carbonyl (C=O) groups excluding carboxylic acids is 1. The summed E-state index contributed by atoms with van der Waals surface area (Å²) in [5.74, 6) is 2.14. The highest BCUT2D eigenvalue weighted by molar-refractivity contribution is 5.99. The van der Waals surface area contributed by atoms with Crippen molar-refractivity contribution in [2.75, 3.05) is 19.7 Å². The number of hydrogen-bond donors (Lipinski definition) is 1. The third-order valence-corrected chi connectivity index (χ3v) is 5.41. The zero-order valence-corrected chi connectivity index (χ0v) is 15.0. The van der Waals surface area contributed by atoms with Crippen LogP contribution >= 0.6 is 0 Å². The van der Waals surface area contributed by atoms with Crippen LogP contribution in [-0.2, 0) is 4.79 Å². The molecule has 0 spiro atoms. The zero-order chi connectivity index (χ0) is 18.2. The van der Waals surface area contributed by atoms with Crippen molar-refractivity contribution in [2.24, 2.45) is 0 Å². The van der Waals surface area contributed by atoms with Gasteiger partial charge >= 0.3 is 0 Å². The minimum absolute atomic E-state index is 0.0744. The Hall–Kier alpha value is -3.08. The van der Waals surface area contributed by atoms with E-state index in [2.05, 4.69) is 4.98 Å². The molecule has 2 aliphatic rings. The number of aromatic amines is 1. The molecule has 3 heterocycles. The van der Waals surface area contributed by atoms with Gasteiger partial charge in [-0.25, -0.2) is 4.98 Å². The largest absolute Gasteiger partial charge is 0.488 e. The number of piperidine rings is 1. The molecule has 0 unspecified atom stereocenters. The van der Waals surface area contributed by atoms with Crippen LogP contribution in [0, 0.1) is 0 Å². The van der Waals surface area contributed by atoms with Crippen LogP contribution in [0.25, 0.3) is 17.1 Å². The molecule has 0 radical (unpaired) electrons. The number of hydrogen-bond acceptors (Lipinski definition) is 3. The van der Waals surface area contributed by atoms with Crippen LogP contribution < -0.4 is 4.74 Å². The van der Waals surface area contributed by atoms with Gasteiger partial charge in [0, 0.05) is 24.6 Å². The van der Waals surface area contributed by atoms with Crippen molar-refractivity contribution in [1.82, 2.24) is 14.9 Å². The molecule has 5 nitrogen and oxygen atoms in total. The molecule has 2 aromatic carbocycles. The summed E-state index contributed by atoms with van der Waals surface area (Å²) in [6.45, 7) is 1.81. The van der Waals surface area contributed by atoms with Gasteiger partial charge in [0.05, 0.1) is 16.6 Å². The number of nitrogens with one attached hydrogen (secondary N) is 1. The van der Waals surface area contributed by atoms with Gasteiger partial charge < -0.3 is 14.6 Å². The Kier molecular flexibility index (Phi) is 3.93. The monoisotopic (exact) mass is 359 g/mol.